The largest absolute Gasteiger partial charge is 0.508 e. The van der Waals surface area contributed by atoms with Crippen molar-refractivity contribution in [2.45, 2.75) is 9.79 Å². The van der Waals surface area contributed by atoms with Crippen molar-refractivity contribution in [3.63, 3.8) is 0 Å². The van der Waals surface area contributed by atoms with Crippen LogP contribution in [0.5, 0.6) is 5.75 Å². The molecule has 0 atom stereocenters. The molecular weight excluding hydrogens is 390 g/mol. The lowest BCUT2D eigenvalue weighted by Crippen LogP contribution is -2.46. The highest BCUT2D eigenvalue weighted by Crippen LogP contribution is 2.29. The molecule has 1 aliphatic rings. The van der Waals surface area contributed by atoms with Crippen LogP contribution in [-0.4, -0.2) is 54.4 Å². The van der Waals surface area contributed by atoms with E-state index in [1.165, 1.54) is 12.1 Å². The Bertz CT molecular complexity index is 1040. The third kappa shape index (κ3) is 4.34. The second-order valence-electron chi connectivity index (χ2n) is 6.44. The van der Waals surface area contributed by atoms with Gasteiger partial charge in [-0.25, -0.2) is 22.0 Å². The number of sulfonamides is 1. The Hall–Kier alpha value is -2.30. The first-order valence-electron chi connectivity index (χ1n) is 8.21. The van der Waals surface area contributed by atoms with Crippen LogP contribution in [0.25, 0.3) is 0 Å². The van der Waals surface area contributed by atoms with Gasteiger partial charge in [-0.05, 0) is 42.5 Å². The van der Waals surface area contributed by atoms with Gasteiger partial charge in [0, 0.05) is 38.1 Å². The molecular formula is C17H21N3O5S2. The Morgan fingerprint density at radius 3 is 1.96 bits per heavy atom. The number of nitrogens with zero attached hydrogens (tertiary/aromatic N) is 2. The average molecular weight is 412 g/mol. The van der Waals surface area contributed by atoms with Gasteiger partial charge >= 0.3 is 0 Å². The van der Waals surface area contributed by atoms with E-state index in [4.69, 9.17) is 5.14 Å². The fraction of sp³-hybridized carbons (Fsp3) is 0.294. The van der Waals surface area contributed by atoms with Gasteiger partial charge in [0.2, 0.25) is 10.0 Å². The molecule has 2 aromatic carbocycles. The summed E-state index contributed by atoms with van der Waals surface area (Å²) in [6, 6.07) is 10.8. The van der Waals surface area contributed by atoms with Gasteiger partial charge in [-0.15, -0.1) is 0 Å². The van der Waals surface area contributed by atoms with Crippen molar-refractivity contribution in [1.29, 1.82) is 0 Å². The predicted molar refractivity (Wildman–Crippen MR) is 103 cm³/mol. The van der Waals surface area contributed by atoms with E-state index in [9.17, 15) is 21.9 Å². The second-order valence-corrected chi connectivity index (χ2v) is 9.98. The molecule has 0 amide bonds. The lowest BCUT2D eigenvalue weighted by atomic mass is 10.2. The van der Waals surface area contributed by atoms with E-state index in [1.807, 2.05) is 17.0 Å². The molecule has 0 spiro atoms. The first-order valence-corrected chi connectivity index (χ1v) is 11.7. The molecule has 0 unspecified atom stereocenters. The van der Waals surface area contributed by atoms with Crippen LogP contribution in [0.3, 0.4) is 0 Å². The molecule has 8 nitrogen and oxygen atoms in total. The number of hydrogen-bond acceptors (Lipinski definition) is 7. The van der Waals surface area contributed by atoms with E-state index >= 15 is 0 Å². The minimum atomic E-state index is -3.99. The molecule has 10 heteroatoms. The van der Waals surface area contributed by atoms with E-state index < -0.39 is 19.9 Å². The Morgan fingerprint density at radius 1 is 0.889 bits per heavy atom. The number of anilines is 2. The Kier molecular flexibility index (Phi) is 5.06. The van der Waals surface area contributed by atoms with Crippen LogP contribution in [0.1, 0.15) is 0 Å². The quantitative estimate of drug-likeness (QED) is 0.762. The van der Waals surface area contributed by atoms with Gasteiger partial charge in [0.25, 0.3) is 0 Å². The fourth-order valence-corrected chi connectivity index (χ4v) is 4.63. The average Bonchev–Trinajstić information content (AvgIpc) is 2.60. The van der Waals surface area contributed by atoms with Crippen molar-refractivity contribution in [2.75, 3.05) is 42.2 Å². The van der Waals surface area contributed by atoms with Crippen LogP contribution in [0.15, 0.2) is 52.3 Å². The Morgan fingerprint density at radius 2 is 1.44 bits per heavy atom. The Balaban J connectivity index is 1.86. The summed E-state index contributed by atoms with van der Waals surface area (Å²) in [5, 5.41) is 14.5. The fourth-order valence-electron chi connectivity index (χ4n) is 3.10. The van der Waals surface area contributed by atoms with Gasteiger partial charge < -0.3 is 14.9 Å². The van der Waals surface area contributed by atoms with E-state index in [0.29, 0.717) is 31.9 Å². The minimum Gasteiger partial charge on any atom is -0.508 e. The van der Waals surface area contributed by atoms with Gasteiger partial charge in [-0.1, -0.05) is 0 Å². The van der Waals surface area contributed by atoms with Gasteiger partial charge in [-0.2, -0.15) is 0 Å². The number of phenols is 1. The Labute approximate surface area is 158 Å². The molecule has 1 heterocycles. The summed E-state index contributed by atoms with van der Waals surface area (Å²) in [5.74, 6) is 0.199. The minimum absolute atomic E-state index is 0.0490. The third-order valence-electron chi connectivity index (χ3n) is 4.49. The smallest absolute Gasteiger partial charge is 0.238 e. The lowest BCUT2D eigenvalue weighted by molar-refractivity contribution is 0.475. The van der Waals surface area contributed by atoms with Gasteiger partial charge in [0.15, 0.2) is 9.84 Å². The van der Waals surface area contributed by atoms with Crippen molar-refractivity contribution in [1.82, 2.24) is 0 Å². The highest BCUT2D eigenvalue weighted by atomic mass is 32.2. The van der Waals surface area contributed by atoms with Crippen LogP contribution in [0.2, 0.25) is 0 Å². The van der Waals surface area contributed by atoms with Crippen molar-refractivity contribution in [3.05, 3.63) is 42.5 Å². The van der Waals surface area contributed by atoms with Crippen LogP contribution >= 0.6 is 0 Å². The number of nitrogens with two attached hydrogens (primary N) is 1. The zero-order valence-electron chi connectivity index (χ0n) is 14.7. The summed E-state index contributed by atoms with van der Waals surface area (Å²) in [7, 11) is -7.63. The molecule has 27 heavy (non-hydrogen) atoms. The first-order chi connectivity index (χ1) is 12.6. The molecule has 1 fully saturated rings. The molecule has 1 saturated heterocycles. The van der Waals surface area contributed by atoms with Crippen LogP contribution in [-0.2, 0) is 19.9 Å². The molecule has 0 aromatic heterocycles. The number of phenolic OH excluding ortho intramolecular Hbond substituents is 1. The molecule has 3 rings (SSSR count). The molecule has 0 radical (unpaired) electrons. The van der Waals surface area contributed by atoms with E-state index in [2.05, 4.69) is 4.90 Å². The van der Waals surface area contributed by atoms with E-state index in [0.717, 1.165) is 18.0 Å². The summed E-state index contributed by atoms with van der Waals surface area (Å²) < 4.78 is 47.5. The van der Waals surface area contributed by atoms with Crippen LogP contribution < -0.4 is 14.9 Å². The molecule has 0 saturated carbocycles. The second kappa shape index (κ2) is 7.02. The summed E-state index contributed by atoms with van der Waals surface area (Å²) >= 11 is 0. The number of primary sulfonamides is 1. The predicted octanol–water partition coefficient (Wildman–Crippen LogP) is 0.770. The zero-order valence-corrected chi connectivity index (χ0v) is 16.4. The number of rotatable bonds is 4. The van der Waals surface area contributed by atoms with Crippen LogP contribution in [0.4, 0.5) is 11.4 Å². The first kappa shape index (κ1) is 19.5. The number of sulfone groups is 1. The molecule has 3 N–H and O–H groups in total. The standard InChI is InChI=1S/C17H21N3O5S2/c1-26(22,23)17-12-15(27(18,24)25)6-7-16(17)20-10-8-19(9-11-20)13-2-4-14(21)5-3-13/h2-7,12,21H,8-11H2,1H3,(H2,18,24,25). The molecule has 1 aliphatic heterocycles. The maximum Gasteiger partial charge on any atom is 0.238 e. The molecule has 146 valence electrons. The summed E-state index contributed by atoms with van der Waals surface area (Å²) in [6.07, 6.45) is 1.05. The summed E-state index contributed by atoms with van der Waals surface area (Å²) in [6.45, 7) is 2.45. The van der Waals surface area contributed by atoms with Crippen molar-refractivity contribution < 1.29 is 21.9 Å². The number of piperazine rings is 1. The van der Waals surface area contributed by atoms with Gasteiger partial charge in [-0.3, -0.25) is 0 Å². The maximum absolute atomic E-state index is 12.2. The number of aromatic hydroxyl groups is 1. The molecule has 2 aromatic rings. The lowest BCUT2D eigenvalue weighted by Gasteiger charge is -2.38. The summed E-state index contributed by atoms with van der Waals surface area (Å²) in [4.78, 5) is 3.77. The molecule has 0 aliphatic carbocycles. The van der Waals surface area contributed by atoms with Gasteiger partial charge in [0.05, 0.1) is 15.5 Å². The number of benzene rings is 2. The SMILES string of the molecule is CS(=O)(=O)c1cc(S(N)(=O)=O)ccc1N1CCN(c2ccc(O)cc2)CC1. The van der Waals surface area contributed by atoms with E-state index in [1.54, 1.807) is 12.1 Å². The number of hydrogen-bond donors (Lipinski definition) is 2. The van der Waals surface area contributed by atoms with Crippen molar-refractivity contribution in [2.24, 2.45) is 5.14 Å². The zero-order chi connectivity index (χ0) is 19.8. The van der Waals surface area contributed by atoms with Crippen molar-refractivity contribution in [3.8, 4) is 5.75 Å². The van der Waals surface area contributed by atoms with E-state index in [-0.39, 0.29) is 15.5 Å². The topological polar surface area (TPSA) is 121 Å². The monoisotopic (exact) mass is 411 g/mol. The third-order valence-corrected chi connectivity index (χ3v) is 6.53. The van der Waals surface area contributed by atoms with Crippen LogP contribution in [0, 0.1) is 0 Å². The molecule has 0 bridgehead atoms. The van der Waals surface area contributed by atoms with Crippen molar-refractivity contribution >= 4 is 31.2 Å². The normalized spacial score (nSPS) is 15.8. The van der Waals surface area contributed by atoms with Gasteiger partial charge in [0.1, 0.15) is 5.75 Å². The highest BCUT2D eigenvalue weighted by Gasteiger charge is 2.24. The summed E-state index contributed by atoms with van der Waals surface area (Å²) in [5.41, 5.74) is 1.44. The highest BCUT2D eigenvalue weighted by molar-refractivity contribution is 7.91. The maximum atomic E-state index is 12.2.